The molecule has 1 rings (SSSR count). The van der Waals surface area contributed by atoms with E-state index in [0.717, 1.165) is 6.07 Å². The lowest BCUT2D eigenvalue weighted by atomic mass is 10.3. The van der Waals surface area contributed by atoms with Gasteiger partial charge in [-0.25, -0.2) is 22.9 Å². The van der Waals surface area contributed by atoms with Gasteiger partial charge in [-0.2, -0.15) is 0 Å². The van der Waals surface area contributed by atoms with E-state index in [-0.39, 0.29) is 10.2 Å². The number of halogens is 4. The Morgan fingerprint density at radius 2 is 2.25 bits per heavy atom. The average Bonchev–Trinajstić information content (AvgIpc) is 2.17. The van der Waals surface area contributed by atoms with E-state index in [1.165, 1.54) is 29.5 Å². The van der Waals surface area contributed by atoms with Crippen LogP contribution in [0, 0.1) is 9.39 Å². The summed E-state index contributed by atoms with van der Waals surface area (Å²) in [6, 6.07) is 0.835. The second-order valence-corrected chi connectivity index (χ2v) is 3.87. The average molecular weight is 345 g/mol. The van der Waals surface area contributed by atoms with Gasteiger partial charge < -0.3 is 4.74 Å². The van der Waals surface area contributed by atoms with E-state index < -0.39 is 29.6 Å². The lowest BCUT2D eigenvalue weighted by Crippen LogP contribution is -2.12. The van der Waals surface area contributed by atoms with Crippen LogP contribution in [-0.2, 0) is 4.74 Å². The van der Waals surface area contributed by atoms with Gasteiger partial charge >= 0.3 is 5.97 Å². The van der Waals surface area contributed by atoms with Crippen LogP contribution in [-0.4, -0.2) is 17.6 Å². The van der Waals surface area contributed by atoms with Crippen molar-refractivity contribution in [2.45, 2.75) is 13.3 Å². The second kappa shape index (κ2) is 5.46. The summed E-state index contributed by atoms with van der Waals surface area (Å²) in [5, 5.41) is 0. The lowest BCUT2D eigenvalue weighted by Gasteiger charge is -2.06. The molecule has 1 aromatic rings. The molecule has 0 aliphatic heterocycles. The van der Waals surface area contributed by atoms with E-state index in [1.807, 2.05) is 0 Å². The van der Waals surface area contributed by atoms with Gasteiger partial charge in [0.15, 0.2) is 11.5 Å². The van der Waals surface area contributed by atoms with Crippen LogP contribution in [0.5, 0.6) is 0 Å². The summed E-state index contributed by atoms with van der Waals surface area (Å²) >= 11 is 1.53. The molecule has 0 atom stereocenters. The summed E-state index contributed by atoms with van der Waals surface area (Å²) in [6.07, 6.45) is -2.86. The van der Waals surface area contributed by atoms with Crippen LogP contribution in [0.1, 0.15) is 29.5 Å². The van der Waals surface area contributed by atoms with Gasteiger partial charge in [0.25, 0.3) is 6.43 Å². The molecular weight excluding hydrogens is 338 g/mol. The fraction of sp³-hybridized carbons (Fsp3) is 0.333. The topological polar surface area (TPSA) is 39.2 Å². The Kier molecular flexibility index (Phi) is 4.51. The Morgan fingerprint density at radius 1 is 1.62 bits per heavy atom. The number of nitrogens with zero attached hydrogens (tertiary/aromatic N) is 1. The van der Waals surface area contributed by atoms with Gasteiger partial charge in [0.1, 0.15) is 5.69 Å². The monoisotopic (exact) mass is 345 g/mol. The molecule has 0 fully saturated rings. The number of hydrogen-bond donors (Lipinski definition) is 0. The third-order valence-electron chi connectivity index (χ3n) is 1.63. The zero-order valence-electron chi connectivity index (χ0n) is 8.14. The van der Waals surface area contributed by atoms with E-state index in [1.54, 1.807) is 0 Å². The molecule has 0 saturated carbocycles. The number of hydrogen-bond acceptors (Lipinski definition) is 3. The van der Waals surface area contributed by atoms with Crippen LogP contribution < -0.4 is 0 Å². The Balaban J connectivity index is 3.19. The first-order valence-electron chi connectivity index (χ1n) is 4.28. The van der Waals surface area contributed by atoms with Gasteiger partial charge in [-0.3, -0.25) is 0 Å². The summed E-state index contributed by atoms with van der Waals surface area (Å²) in [4.78, 5) is 14.5. The van der Waals surface area contributed by atoms with Crippen LogP contribution in [0.2, 0.25) is 0 Å². The maximum absolute atomic E-state index is 13.3. The van der Waals surface area contributed by atoms with Crippen molar-refractivity contribution in [3.8, 4) is 0 Å². The summed E-state index contributed by atoms with van der Waals surface area (Å²) < 4.78 is 42.6. The Morgan fingerprint density at radius 3 is 2.75 bits per heavy atom. The summed E-state index contributed by atoms with van der Waals surface area (Å²) in [5.74, 6) is -2.01. The third kappa shape index (κ3) is 2.83. The highest BCUT2D eigenvalue weighted by Gasteiger charge is 2.22. The molecule has 0 spiro atoms. The van der Waals surface area contributed by atoms with Crippen LogP contribution in [0.15, 0.2) is 6.07 Å². The van der Waals surface area contributed by atoms with Crippen molar-refractivity contribution < 1.29 is 22.7 Å². The highest BCUT2D eigenvalue weighted by molar-refractivity contribution is 14.1. The van der Waals surface area contributed by atoms with Crippen LogP contribution >= 0.6 is 22.6 Å². The number of carbonyl (C=O) groups excluding carboxylic acids is 1. The summed E-state index contributed by atoms with van der Waals surface area (Å²) in [7, 11) is 0. The van der Waals surface area contributed by atoms with E-state index in [4.69, 9.17) is 0 Å². The molecule has 1 aromatic heterocycles. The fourth-order valence-corrected chi connectivity index (χ4v) is 1.61. The minimum absolute atomic E-state index is 0.0238. The third-order valence-corrected chi connectivity index (χ3v) is 2.50. The van der Waals surface area contributed by atoms with E-state index in [9.17, 15) is 18.0 Å². The molecule has 0 radical (unpaired) electrons. The minimum Gasteiger partial charge on any atom is -0.461 e. The molecular formula is C9H7F3INO2. The van der Waals surface area contributed by atoms with Crippen molar-refractivity contribution in [1.82, 2.24) is 4.98 Å². The lowest BCUT2D eigenvalue weighted by molar-refractivity contribution is 0.0511. The maximum Gasteiger partial charge on any atom is 0.360 e. The van der Waals surface area contributed by atoms with Gasteiger partial charge in [0.2, 0.25) is 0 Å². The minimum atomic E-state index is -2.86. The quantitative estimate of drug-likeness (QED) is 0.625. The van der Waals surface area contributed by atoms with Gasteiger partial charge in [0.05, 0.1) is 6.61 Å². The first kappa shape index (κ1) is 13.2. The van der Waals surface area contributed by atoms with Crippen molar-refractivity contribution in [2.75, 3.05) is 6.61 Å². The van der Waals surface area contributed by atoms with Crippen molar-refractivity contribution in [1.29, 1.82) is 0 Å². The van der Waals surface area contributed by atoms with Crippen molar-refractivity contribution in [3.63, 3.8) is 0 Å². The zero-order chi connectivity index (χ0) is 12.3. The van der Waals surface area contributed by atoms with E-state index in [0.29, 0.717) is 0 Å². The Labute approximate surface area is 103 Å². The number of pyridine rings is 1. The molecule has 0 amide bonds. The molecule has 1 heterocycles. The molecule has 0 aromatic carbocycles. The zero-order valence-corrected chi connectivity index (χ0v) is 10.3. The highest BCUT2D eigenvalue weighted by Crippen LogP contribution is 2.24. The van der Waals surface area contributed by atoms with Crippen LogP contribution in [0.3, 0.4) is 0 Å². The number of aromatic nitrogens is 1. The molecule has 0 N–H and O–H groups in total. The summed E-state index contributed by atoms with van der Waals surface area (Å²) in [6.45, 7) is 1.55. The number of carbonyl (C=O) groups is 1. The molecule has 0 unspecified atom stereocenters. The molecule has 16 heavy (non-hydrogen) atoms. The molecule has 88 valence electrons. The smallest absolute Gasteiger partial charge is 0.360 e. The first-order chi connectivity index (χ1) is 7.47. The van der Waals surface area contributed by atoms with Crippen molar-refractivity contribution in [2.24, 2.45) is 0 Å². The van der Waals surface area contributed by atoms with Crippen molar-refractivity contribution >= 4 is 28.6 Å². The number of ether oxygens (including phenoxy) is 1. The van der Waals surface area contributed by atoms with E-state index in [2.05, 4.69) is 9.72 Å². The number of alkyl halides is 2. The molecule has 0 aliphatic rings. The second-order valence-electron chi connectivity index (χ2n) is 2.71. The van der Waals surface area contributed by atoms with Gasteiger partial charge in [0, 0.05) is 3.57 Å². The van der Waals surface area contributed by atoms with E-state index >= 15 is 0 Å². The molecule has 0 saturated heterocycles. The van der Waals surface area contributed by atoms with Gasteiger partial charge in [-0.05, 0) is 35.6 Å². The van der Waals surface area contributed by atoms with Crippen molar-refractivity contribution in [3.05, 3.63) is 26.8 Å². The SMILES string of the molecule is CCOC(=O)c1nc(C(F)F)c(I)cc1F. The van der Waals surface area contributed by atoms with Gasteiger partial charge in [-0.1, -0.05) is 0 Å². The predicted octanol–water partition coefficient (Wildman–Crippen LogP) is 2.94. The Hall–Kier alpha value is -0.860. The predicted molar refractivity (Wildman–Crippen MR) is 57.8 cm³/mol. The van der Waals surface area contributed by atoms with Gasteiger partial charge in [-0.15, -0.1) is 0 Å². The largest absolute Gasteiger partial charge is 0.461 e. The standard InChI is InChI=1S/C9H7F3INO2/c1-2-16-9(15)6-4(10)3-5(13)7(14-6)8(11)12/h3,8H,2H2,1H3. The van der Waals surface area contributed by atoms with Crippen LogP contribution in [0.4, 0.5) is 13.2 Å². The highest BCUT2D eigenvalue weighted by atomic mass is 127. The Bertz CT molecular complexity index is 412. The maximum atomic E-state index is 13.3. The molecule has 3 nitrogen and oxygen atoms in total. The summed E-state index contributed by atoms with van der Waals surface area (Å²) in [5.41, 5.74) is -1.33. The first-order valence-corrected chi connectivity index (χ1v) is 5.36. The molecule has 0 aliphatic carbocycles. The van der Waals surface area contributed by atoms with Crippen LogP contribution in [0.25, 0.3) is 0 Å². The fourth-order valence-electron chi connectivity index (χ4n) is 0.976. The molecule has 0 bridgehead atoms. The normalized spacial score (nSPS) is 10.6. The molecule has 7 heteroatoms. The number of rotatable bonds is 3. The number of esters is 1.